The molecule has 0 fully saturated rings. The second kappa shape index (κ2) is 4.61. The third-order valence-corrected chi connectivity index (χ3v) is 2.88. The quantitative estimate of drug-likeness (QED) is 0.802. The first-order valence-electron chi connectivity index (χ1n) is 6.12. The molecule has 98 valence electrons. The summed E-state index contributed by atoms with van der Waals surface area (Å²) in [5, 5.41) is 12.7. The van der Waals surface area contributed by atoms with Crippen LogP contribution in [0.2, 0.25) is 0 Å². The number of hydrogen-bond donors (Lipinski definition) is 2. The molecule has 1 unspecified atom stereocenters. The van der Waals surface area contributed by atoms with Crippen LogP contribution < -0.4 is 5.32 Å². The van der Waals surface area contributed by atoms with Gasteiger partial charge in [0.1, 0.15) is 5.60 Å². The van der Waals surface area contributed by atoms with Gasteiger partial charge in [-0.2, -0.15) is 0 Å². The fourth-order valence-electron chi connectivity index (χ4n) is 2.18. The van der Waals surface area contributed by atoms with Gasteiger partial charge in [-0.15, -0.1) is 0 Å². The van der Waals surface area contributed by atoms with Gasteiger partial charge >= 0.3 is 6.09 Å². The number of aliphatic hydroxyl groups is 1. The van der Waals surface area contributed by atoms with E-state index in [-0.39, 0.29) is 6.04 Å². The predicted octanol–water partition coefficient (Wildman–Crippen LogP) is 2.17. The van der Waals surface area contributed by atoms with Gasteiger partial charge in [0.2, 0.25) is 0 Å². The molecule has 0 spiro atoms. The molecule has 1 aromatic carbocycles. The zero-order valence-electron chi connectivity index (χ0n) is 10.9. The van der Waals surface area contributed by atoms with E-state index in [4.69, 9.17) is 4.74 Å². The number of fused-ring (bicyclic) bond motifs is 1. The molecule has 0 radical (unpaired) electrons. The maximum absolute atomic E-state index is 11.7. The van der Waals surface area contributed by atoms with Crippen molar-refractivity contribution in [3.05, 3.63) is 35.4 Å². The van der Waals surface area contributed by atoms with E-state index in [1.54, 1.807) is 0 Å². The van der Waals surface area contributed by atoms with Gasteiger partial charge in [-0.1, -0.05) is 24.3 Å². The molecular weight excluding hydrogens is 230 g/mol. The number of rotatable bonds is 1. The molecule has 0 aliphatic heterocycles. The third kappa shape index (κ3) is 2.82. The molecule has 1 aliphatic rings. The molecule has 0 saturated carbocycles. The minimum atomic E-state index is -0.588. The van der Waals surface area contributed by atoms with Crippen LogP contribution in [0.4, 0.5) is 4.79 Å². The molecule has 1 amide bonds. The average Bonchev–Trinajstić information content (AvgIpc) is 2.53. The maximum Gasteiger partial charge on any atom is 0.408 e. The van der Waals surface area contributed by atoms with Gasteiger partial charge in [-0.05, 0) is 31.9 Å². The van der Waals surface area contributed by atoms with Gasteiger partial charge in [-0.3, -0.25) is 0 Å². The van der Waals surface area contributed by atoms with Crippen molar-refractivity contribution >= 4 is 6.09 Å². The molecule has 4 nitrogen and oxygen atoms in total. The van der Waals surface area contributed by atoms with E-state index in [1.807, 2.05) is 45.0 Å². The summed E-state index contributed by atoms with van der Waals surface area (Å²) in [7, 11) is 0. The van der Waals surface area contributed by atoms with Crippen LogP contribution >= 0.6 is 0 Å². The van der Waals surface area contributed by atoms with E-state index < -0.39 is 17.8 Å². The Labute approximate surface area is 107 Å². The van der Waals surface area contributed by atoms with Gasteiger partial charge < -0.3 is 15.2 Å². The fraction of sp³-hybridized carbons (Fsp3) is 0.500. The summed E-state index contributed by atoms with van der Waals surface area (Å²) >= 11 is 0. The number of alkyl carbamates (subject to hydrolysis) is 1. The van der Waals surface area contributed by atoms with E-state index in [0.717, 1.165) is 11.1 Å². The first-order chi connectivity index (χ1) is 8.37. The van der Waals surface area contributed by atoms with Crippen LogP contribution in [0.5, 0.6) is 0 Å². The molecule has 2 rings (SSSR count). The minimum Gasteiger partial charge on any atom is -0.444 e. The highest BCUT2D eigenvalue weighted by molar-refractivity contribution is 5.69. The first-order valence-corrected chi connectivity index (χ1v) is 6.12. The number of nitrogens with one attached hydrogen (secondary N) is 1. The molecule has 1 aliphatic carbocycles. The highest BCUT2D eigenvalue weighted by Gasteiger charge is 2.32. The predicted molar refractivity (Wildman–Crippen MR) is 68.3 cm³/mol. The number of aliphatic hydroxyl groups excluding tert-OH is 1. The highest BCUT2D eigenvalue weighted by atomic mass is 16.6. The van der Waals surface area contributed by atoms with Crippen LogP contribution in [-0.2, 0) is 11.2 Å². The van der Waals surface area contributed by atoms with Crippen molar-refractivity contribution in [2.45, 2.75) is 44.9 Å². The number of carbonyl (C=O) groups excluding carboxylic acids is 1. The smallest absolute Gasteiger partial charge is 0.408 e. The highest BCUT2D eigenvalue weighted by Crippen LogP contribution is 2.31. The lowest BCUT2D eigenvalue weighted by Gasteiger charge is -2.23. The Morgan fingerprint density at radius 1 is 1.39 bits per heavy atom. The number of hydrogen-bond acceptors (Lipinski definition) is 3. The van der Waals surface area contributed by atoms with Gasteiger partial charge in [-0.25, -0.2) is 4.79 Å². The SMILES string of the molecule is CC(C)(C)OC(=O)NC1c2ccccc2C[C@@H]1O. The van der Waals surface area contributed by atoms with Crippen molar-refractivity contribution in [2.75, 3.05) is 0 Å². The fourth-order valence-corrected chi connectivity index (χ4v) is 2.18. The third-order valence-electron chi connectivity index (χ3n) is 2.88. The molecule has 1 aromatic rings. The van der Waals surface area contributed by atoms with Gasteiger partial charge in [0.05, 0.1) is 12.1 Å². The van der Waals surface area contributed by atoms with Crippen LogP contribution in [0.15, 0.2) is 24.3 Å². The summed E-state index contributed by atoms with van der Waals surface area (Å²) in [5.74, 6) is 0. The molecule has 0 saturated heterocycles. The molecule has 0 heterocycles. The average molecular weight is 249 g/mol. The Kier molecular flexibility index (Phi) is 3.30. The first kappa shape index (κ1) is 12.9. The number of benzene rings is 1. The van der Waals surface area contributed by atoms with Gasteiger partial charge in [0, 0.05) is 6.42 Å². The molecule has 2 atom stereocenters. The Morgan fingerprint density at radius 2 is 2.06 bits per heavy atom. The number of amides is 1. The molecule has 0 aromatic heterocycles. The van der Waals surface area contributed by atoms with Crippen LogP contribution in [-0.4, -0.2) is 22.9 Å². The standard InChI is InChI=1S/C14H19NO3/c1-14(2,3)18-13(17)15-12-10-7-5-4-6-9(10)8-11(12)16/h4-7,11-12,16H,8H2,1-3H3,(H,15,17)/t11-,12?/m0/s1. The van der Waals surface area contributed by atoms with Gasteiger partial charge in [0.25, 0.3) is 0 Å². The van der Waals surface area contributed by atoms with Crippen molar-refractivity contribution in [3.8, 4) is 0 Å². The van der Waals surface area contributed by atoms with E-state index in [2.05, 4.69) is 5.32 Å². The topological polar surface area (TPSA) is 58.6 Å². The second-order valence-electron chi connectivity index (χ2n) is 5.59. The molecular formula is C14H19NO3. The van der Waals surface area contributed by atoms with Crippen LogP contribution in [0.1, 0.15) is 37.9 Å². The van der Waals surface area contributed by atoms with Crippen molar-refractivity contribution in [2.24, 2.45) is 0 Å². The van der Waals surface area contributed by atoms with Crippen molar-refractivity contribution in [1.82, 2.24) is 5.32 Å². The van der Waals surface area contributed by atoms with Gasteiger partial charge in [0.15, 0.2) is 0 Å². The van der Waals surface area contributed by atoms with Crippen molar-refractivity contribution < 1.29 is 14.6 Å². The zero-order valence-corrected chi connectivity index (χ0v) is 10.9. The van der Waals surface area contributed by atoms with E-state index in [9.17, 15) is 9.90 Å². The number of ether oxygens (including phenoxy) is 1. The number of carbonyl (C=O) groups is 1. The maximum atomic E-state index is 11.7. The Bertz CT molecular complexity index is 451. The van der Waals surface area contributed by atoms with E-state index in [1.165, 1.54) is 0 Å². The van der Waals surface area contributed by atoms with Crippen LogP contribution in [0.3, 0.4) is 0 Å². The lowest BCUT2D eigenvalue weighted by Crippen LogP contribution is -2.38. The summed E-state index contributed by atoms with van der Waals surface area (Å²) in [4.78, 5) is 11.7. The van der Waals surface area contributed by atoms with Crippen molar-refractivity contribution in [1.29, 1.82) is 0 Å². The summed E-state index contributed by atoms with van der Waals surface area (Å²) in [6.45, 7) is 5.43. The largest absolute Gasteiger partial charge is 0.444 e. The Morgan fingerprint density at radius 3 is 2.72 bits per heavy atom. The summed E-state index contributed by atoms with van der Waals surface area (Å²) in [6, 6.07) is 7.35. The summed E-state index contributed by atoms with van der Waals surface area (Å²) in [6.07, 6.45) is -0.519. The van der Waals surface area contributed by atoms with E-state index >= 15 is 0 Å². The molecule has 0 bridgehead atoms. The molecule has 2 N–H and O–H groups in total. The lowest BCUT2D eigenvalue weighted by atomic mass is 10.1. The van der Waals surface area contributed by atoms with Crippen LogP contribution in [0.25, 0.3) is 0 Å². The molecule has 18 heavy (non-hydrogen) atoms. The zero-order chi connectivity index (χ0) is 13.3. The normalized spacial score (nSPS) is 22.4. The van der Waals surface area contributed by atoms with E-state index in [0.29, 0.717) is 6.42 Å². The molecule has 4 heteroatoms. The summed E-state index contributed by atoms with van der Waals surface area (Å²) < 4.78 is 5.20. The summed E-state index contributed by atoms with van der Waals surface area (Å²) in [5.41, 5.74) is 1.51. The Hall–Kier alpha value is -1.55. The van der Waals surface area contributed by atoms with Crippen molar-refractivity contribution in [3.63, 3.8) is 0 Å². The lowest BCUT2D eigenvalue weighted by molar-refractivity contribution is 0.0438. The second-order valence-corrected chi connectivity index (χ2v) is 5.59. The Balaban J connectivity index is 2.08. The minimum absolute atomic E-state index is 0.379. The van der Waals surface area contributed by atoms with Crippen LogP contribution in [0, 0.1) is 0 Å². The monoisotopic (exact) mass is 249 g/mol.